The van der Waals surface area contributed by atoms with Gasteiger partial charge in [-0.25, -0.2) is 4.98 Å². The van der Waals surface area contributed by atoms with Gasteiger partial charge in [0.2, 0.25) is 0 Å². The molecule has 1 heterocycles. The van der Waals surface area contributed by atoms with Crippen LogP contribution in [-0.2, 0) is 13.6 Å². The molecular weight excluding hydrogens is 198 g/mol. The molecule has 0 aliphatic heterocycles. The minimum atomic E-state index is 0.833. The Morgan fingerprint density at radius 3 is 2.88 bits per heavy atom. The predicted octanol–water partition coefficient (Wildman–Crippen LogP) is 2.11. The Morgan fingerprint density at radius 2 is 2.19 bits per heavy atom. The van der Waals surface area contributed by atoms with E-state index in [1.54, 1.807) is 0 Å². The van der Waals surface area contributed by atoms with Crippen molar-refractivity contribution in [1.29, 1.82) is 0 Å². The Bertz CT molecular complexity index is 486. The van der Waals surface area contributed by atoms with Crippen molar-refractivity contribution in [2.45, 2.75) is 13.5 Å². The van der Waals surface area contributed by atoms with Gasteiger partial charge in [0.05, 0.1) is 17.7 Å². The summed E-state index contributed by atoms with van der Waals surface area (Å²) in [6.07, 6.45) is 1.87. The third kappa shape index (κ3) is 1.99. The number of nitrogens with one attached hydrogen (secondary N) is 1. The molecule has 3 heteroatoms. The zero-order valence-corrected chi connectivity index (χ0v) is 9.99. The van der Waals surface area contributed by atoms with Gasteiger partial charge in [0.1, 0.15) is 0 Å². The monoisotopic (exact) mass is 215 g/mol. The van der Waals surface area contributed by atoms with Crippen molar-refractivity contribution in [2.24, 2.45) is 7.05 Å². The van der Waals surface area contributed by atoms with Crippen molar-refractivity contribution in [3.05, 3.63) is 41.9 Å². The topological polar surface area (TPSA) is 29.9 Å². The van der Waals surface area contributed by atoms with E-state index in [4.69, 9.17) is 0 Å². The molecule has 0 fully saturated rings. The number of nitrogens with zero attached hydrogens (tertiary/aromatic N) is 2. The standard InChI is InChI=1S/C13H17N3/c1-10-5-4-6-11(7-10)13-12(8-14-2)16(3)9-15-13/h4-7,9,14H,8H2,1-3H3. The number of hydrogen-bond acceptors (Lipinski definition) is 2. The summed E-state index contributed by atoms with van der Waals surface area (Å²) in [5, 5.41) is 3.17. The van der Waals surface area contributed by atoms with Gasteiger partial charge >= 0.3 is 0 Å². The third-order valence-electron chi connectivity index (χ3n) is 2.69. The van der Waals surface area contributed by atoms with E-state index in [1.807, 2.05) is 20.4 Å². The van der Waals surface area contributed by atoms with Gasteiger partial charge < -0.3 is 9.88 Å². The van der Waals surface area contributed by atoms with Crippen LogP contribution < -0.4 is 5.32 Å². The molecule has 0 atom stereocenters. The summed E-state index contributed by atoms with van der Waals surface area (Å²) in [7, 11) is 3.98. The first-order valence-electron chi connectivity index (χ1n) is 5.44. The molecule has 0 saturated heterocycles. The maximum Gasteiger partial charge on any atom is 0.0953 e. The van der Waals surface area contributed by atoms with Crippen LogP contribution in [0, 0.1) is 6.92 Å². The Hall–Kier alpha value is -1.61. The van der Waals surface area contributed by atoms with Crippen LogP contribution in [0.5, 0.6) is 0 Å². The maximum absolute atomic E-state index is 4.47. The van der Waals surface area contributed by atoms with Gasteiger partial charge in [-0.15, -0.1) is 0 Å². The molecular formula is C13H17N3. The second kappa shape index (κ2) is 4.49. The van der Waals surface area contributed by atoms with Gasteiger partial charge in [0, 0.05) is 19.2 Å². The first-order chi connectivity index (χ1) is 7.72. The lowest BCUT2D eigenvalue weighted by Crippen LogP contribution is -2.09. The molecule has 0 saturated carbocycles. The van der Waals surface area contributed by atoms with Crippen LogP contribution >= 0.6 is 0 Å². The molecule has 0 aliphatic rings. The molecule has 84 valence electrons. The number of rotatable bonds is 3. The van der Waals surface area contributed by atoms with E-state index < -0.39 is 0 Å². The van der Waals surface area contributed by atoms with Gasteiger partial charge in [0.25, 0.3) is 0 Å². The zero-order chi connectivity index (χ0) is 11.5. The lowest BCUT2D eigenvalue weighted by Gasteiger charge is -2.06. The first kappa shape index (κ1) is 10.9. The normalized spacial score (nSPS) is 10.7. The minimum Gasteiger partial charge on any atom is -0.336 e. The molecule has 1 aromatic heterocycles. The minimum absolute atomic E-state index is 0.833. The Labute approximate surface area is 96.1 Å². The van der Waals surface area contributed by atoms with E-state index in [1.165, 1.54) is 16.8 Å². The van der Waals surface area contributed by atoms with Gasteiger partial charge in [0.15, 0.2) is 0 Å². The quantitative estimate of drug-likeness (QED) is 0.850. The molecule has 2 rings (SSSR count). The molecule has 1 N–H and O–H groups in total. The van der Waals surface area contributed by atoms with Crippen molar-refractivity contribution in [1.82, 2.24) is 14.9 Å². The Morgan fingerprint density at radius 1 is 1.38 bits per heavy atom. The molecule has 16 heavy (non-hydrogen) atoms. The average Bonchev–Trinajstić information content (AvgIpc) is 2.61. The van der Waals surface area contributed by atoms with Crippen molar-refractivity contribution in [3.8, 4) is 11.3 Å². The van der Waals surface area contributed by atoms with Crippen LogP contribution in [-0.4, -0.2) is 16.6 Å². The number of imidazole rings is 1. The highest BCUT2D eigenvalue weighted by Crippen LogP contribution is 2.22. The highest BCUT2D eigenvalue weighted by molar-refractivity contribution is 5.62. The molecule has 1 aromatic carbocycles. The van der Waals surface area contributed by atoms with Crippen molar-refractivity contribution < 1.29 is 0 Å². The van der Waals surface area contributed by atoms with Crippen molar-refractivity contribution >= 4 is 0 Å². The Balaban J connectivity index is 2.47. The summed E-state index contributed by atoms with van der Waals surface area (Å²) >= 11 is 0. The first-order valence-corrected chi connectivity index (χ1v) is 5.44. The molecule has 3 nitrogen and oxygen atoms in total. The highest BCUT2D eigenvalue weighted by Gasteiger charge is 2.09. The van der Waals surface area contributed by atoms with Crippen LogP contribution in [0.15, 0.2) is 30.6 Å². The molecule has 0 radical (unpaired) electrons. The number of hydrogen-bond donors (Lipinski definition) is 1. The lowest BCUT2D eigenvalue weighted by molar-refractivity contribution is 0.735. The average molecular weight is 215 g/mol. The van der Waals surface area contributed by atoms with Crippen LogP contribution in [0.3, 0.4) is 0 Å². The summed E-state index contributed by atoms with van der Waals surface area (Å²) in [5.41, 5.74) is 4.73. The highest BCUT2D eigenvalue weighted by atomic mass is 15.1. The van der Waals surface area contributed by atoms with Crippen LogP contribution in [0.4, 0.5) is 0 Å². The van der Waals surface area contributed by atoms with Crippen molar-refractivity contribution in [3.63, 3.8) is 0 Å². The second-order valence-electron chi connectivity index (χ2n) is 4.05. The predicted molar refractivity (Wildman–Crippen MR) is 66.1 cm³/mol. The van der Waals surface area contributed by atoms with E-state index in [0.717, 1.165) is 12.2 Å². The van der Waals surface area contributed by atoms with Gasteiger partial charge in [-0.05, 0) is 20.0 Å². The van der Waals surface area contributed by atoms with Gasteiger partial charge in [-0.1, -0.05) is 23.8 Å². The maximum atomic E-state index is 4.47. The molecule has 0 aliphatic carbocycles. The molecule has 0 amide bonds. The van der Waals surface area contributed by atoms with E-state index in [2.05, 4.69) is 46.1 Å². The third-order valence-corrected chi connectivity index (χ3v) is 2.69. The van der Waals surface area contributed by atoms with Gasteiger partial charge in [-0.2, -0.15) is 0 Å². The number of aromatic nitrogens is 2. The molecule has 0 bridgehead atoms. The SMILES string of the molecule is CNCc1c(-c2cccc(C)c2)ncn1C. The van der Waals surface area contributed by atoms with Crippen molar-refractivity contribution in [2.75, 3.05) is 7.05 Å². The Kier molecular flexibility index (Phi) is 3.06. The summed E-state index contributed by atoms with van der Waals surface area (Å²) in [6, 6.07) is 8.45. The van der Waals surface area contributed by atoms with Crippen LogP contribution in [0.2, 0.25) is 0 Å². The lowest BCUT2D eigenvalue weighted by atomic mass is 10.1. The fourth-order valence-corrected chi connectivity index (χ4v) is 1.86. The molecule has 0 unspecified atom stereocenters. The number of aryl methyl sites for hydroxylation is 2. The number of benzene rings is 1. The smallest absolute Gasteiger partial charge is 0.0953 e. The summed E-state index contributed by atoms with van der Waals surface area (Å²) in [5.74, 6) is 0. The van der Waals surface area contributed by atoms with E-state index in [0.29, 0.717) is 0 Å². The van der Waals surface area contributed by atoms with Crippen LogP contribution in [0.1, 0.15) is 11.3 Å². The van der Waals surface area contributed by atoms with E-state index in [-0.39, 0.29) is 0 Å². The van der Waals surface area contributed by atoms with Gasteiger partial charge in [-0.3, -0.25) is 0 Å². The fourth-order valence-electron chi connectivity index (χ4n) is 1.86. The van der Waals surface area contributed by atoms with E-state index >= 15 is 0 Å². The summed E-state index contributed by atoms with van der Waals surface area (Å²) in [4.78, 5) is 4.47. The summed E-state index contributed by atoms with van der Waals surface area (Å²) < 4.78 is 2.06. The molecule has 2 aromatic rings. The zero-order valence-electron chi connectivity index (χ0n) is 9.99. The second-order valence-corrected chi connectivity index (χ2v) is 4.05. The molecule has 0 spiro atoms. The summed E-state index contributed by atoms with van der Waals surface area (Å²) in [6.45, 7) is 2.93. The van der Waals surface area contributed by atoms with Crippen LogP contribution in [0.25, 0.3) is 11.3 Å². The fraction of sp³-hybridized carbons (Fsp3) is 0.308. The largest absolute Gasteiger partial charge is 0.336 e. The van der Waals surface area contributed by atoms with E-state index in [9.17, 15) is 0 Å².